The lowest BCUT2D eigenvalue weighted by Crippen LogP contribution is -2.45. The maximum atomic E-state index is 12.4. The first-order valence-electron chi connectivity index (χ1n) is 22.9. The van der Waals surface area contributed by atoms with Crippen LogP contribution >= 0.6 is 0 Å². The molecule has 0 saturated carbocycles. The predicted molar refractivity (Wildman–Crippen MR) is 223 cm³/mol. The highest BCUT2D eigenvalue weighted by Crippen LogP contribution is 2.16. The van der Waals surface area contributed by atoms with E-state index in [1.807, 2.05) is 0 Å². The second kappa shape index (κ2) is 42.3. The second-order valence-electron chi connectivity index (χ2n) is 15.7. The van der Waals surface area contributed by atoms with E-state index in [1.165, 1.54) is 141 Å². The molecule has 52 heavy (non-hydrogen) atoms. The molecule has 0 aliphatic rings. The Kier molecular flexibility index (Phi) is 41.2. The summed E-state index contributed by atoms with van der Waals surface area (Å²) in [6.07, 6.45) is 46.0. The molecule has 0 spiro atoms. The number of nitrogens with one attached hydrogen (secondary N) is 1. The number of amides is 1. The van der Waals surface area contributed by atoms with Gasteiger partial charge in [0, 0.05) is 12.8 Å². The second-order valence-corrected chi connectivity index (χ2v) is 15.7. The zero-order chi connectivity index (χ0) is 38.0. The van der Waals surface area contributed by atoms with Crippen molar-refractivity contribution in [2.45, 2.75) is 257 Å². The van der Waals surface area contributed by atoms with Gasteiger partial charge in [0.2, 0.25) is 5.91 Å². The molecule has 2 unspecified atom stereocenters. The topological polar surface area (TPSA) is 95.9 Å². The number of carbonyl (C=O) groups is 2. The first-order chi connectivity index (χ1) is 25.5. The van der Waals surface area contributed by atoms with Gasteiger partial charge in [0.15, 0.2) is 0 Å². The molecule has 6 heteroatoms. The molecular weight excluding hydrogens is 647 g/mol. The van der Waals surface area contributed by atoms with Crippen molar-refractivity contribution in [2.75, 3.05) is 13.2 Å². The Labute approximate surface area is 323 Å². The monoisotopic (exact) mass is 736 g/mol. The first-order valence-corrected chi connectivity index (χ1v) is 22.9. The summed E-state index contributed by atoms with van der Waals surface area (Å²) >= 11 is 0. The van der Waals surface area contributed by atoms with Crippen LogP contribution in [0, 0.1) is 0 Å². The van der Waals surface area contributed by atoms with Crippen LogP contribution in [-0.4, -0.2) is 47.4 Å². The number of aliphatic hydroxyl groups is 2. The van der Waals surface area contributed by atoms with Gasteiger partial charge in [-0.3, -0.25) is 9.59 Å². The van der Waals surface area contributed by atoms with Gasteiger partial charge in [0.1, 0.15) is 0 Å². The highest BCUT2D eigenvalue weighted by atomic mass is 16.5. The summed E-state index contributed by atoms with van der Waals surface area (Å²) in [5.74, 6) is -0.130. The Hall–Kier alpha value is -1.40. The van der Waals surface area contributed by atoms with Crippen LogP contribution in [0.3, 0.4) is 0 Å². The number of rotatable bonds is 42. The van der Waals surface area contributed by atoms with E-state index in [1.54, 1.807) is 0 Å². The van der Waals surface area contributed by atoms with Crippen LogP contribution in [0.25, 0.3) is 0 Å². The van der Waals surface area contributed by atoms with E-state index in [9.17, 15) is 19.8 Å². The maximum absolute atomic E-state index is 12.4. The molecule has 0 fully saturated rings. The molecule has 0 aliphatic heterocycles. The number of unbranched alkanes of at least 4 members (excludes halogenated alkanes) is 29. The third-order valence-electron chi connectivity index (χ3n) is 10.6. The quantitative estimate of drug-likeness (QED) is 0.0329. The van der Waals surface area contributed by atoms with Crippen molar-refractivity contribution in [1.29, 1.82) is 0 Å². The van der Waals surface area contributed by atoms with Gasteiger partial charge in [-0.05, 0) is 44.9 Å². The van der Waals surface area contributed by atoms with Gasteiger partial charge in [0.25, 0.3) is 0 Å². The fraction of sp³-hybridized carbons (Fsp3) is 0.913. The third kappa shape index (κ3) is 38.3. The van der Waals surface area contributed by atoms with Gasteiger partial charge in [-0.1, -0.05) is 199 Å². The molecule has 0 aromatic rings. The smallest absolute Gasteiger partial charge is 0.305 e. The number of hydrogen-bond acceptors (Lipinski definition) is 5. The van der Waals surface area contributed by atoms with E-state index >= 15 is 0 Å². The highest BCUT2D eigenvalue weighted by Gasteiger charge is 2.19. The molecule has 0 aliphatic carbocycles. The third-order valence-corrected chi connectivity index (χ3v) is 10.6. The minimum absolute atomic E-state index is 0.0334. The lowest BCUT2D eigenvalue weighted by atomic mass is 10.0. The van der Waals surface area contributed by atoms with E-state index < -0.39 is 12.1 Å². The van der Waals surface area contributed by atoms with Crippen LogP contribution in [0.4, 0.5) is 0 Å². The molecule has 0 rings (SSSR count). The normalized spacial score (nSPS) is 12.8. The zero-order valence-electron chi connectivity index (χ0n) is 34.8. The number of ether oxygens (including phenoxy) is 1. The van der Waals surface area contributed by atoms with Crippen molar-refractivity contribution in [2.24, 2.45) is 0 Å². The van der Waals surface area contributed by atoms with E-state index in [0.29, 0.717) is 25.9 Å². The van der Waals surface area contributed by atoms with Gasteiger partial charge in [-0.25, -0.2) is 0 Å². The number of esters is 1. The van der Waals surface area contributed by atoms with E-state index in [0.717, 1.165) is 70.6 Å². The van der Waals surface area contributed by atoms with Crippen molar-refractivity contribution in [3.05, 3.63) is 12.2 Å². The number of hydrogen-bond donors (Lipinski definition) is 3. The Morgan fingerprint density at radius 1 is 0.519 bits per heavy atom. The number of aliphatic hydroxyl groups excluding tert-OH is 2. The van der Waals surface area contributed by atoms with Gasteiger partial charge in [0.05, 0.1) is 25.4 Å². The molecular formula is C46H89NO5. The molecule has 0 aromatic heterocycles. The van der Waals surface area contributed by atoms with Crippen LogP contribution in [0.5, 0.6) is 0 Å². The Morgan fingerprint density at radius 3 is 1.40 bits per heavy atom. The summed E-state index contributed by atoms with van der Waals surface area (Å²) in [4.78, 5) is 24.4. The minimum Gasteiger partial charge on any atom is -0.466 e. The van der Waals surface area contributed by atoms with Crippen molar-refractivity contribution in [3.63, 3.8) is 0 Å². The van der Waals surface area contributed by atoms with Crippen molar-refractivity contribution in [3.8, 4) is 0 Å². The first kappa shape index (κ1) is 50.6. The molecule has 0 heterocycles. The molecule has 308 valence electrons. The molecule has 1 amide bonds. The predicted octanol–water partition coefficient (Wildman–Crippen LogP) is 13.0. The standard InChI is InChI=1S/C46H89NO5/c1-3-5-7-9-11-13-15-16-17-18-20-24-28-32-36-40-46(51)52-41-37-33-29-25-21-23-27-31-35-39-45(50)47-43(42-48)44(49)38-34-30-26-22-19-14-12-10-8-6-4-2/h23,27,43-44,48-49H,3-22,24-26,28-42H2,1-2H3,(H,47,50)/b27-23-. The fourth-order valence-corrected chi connectivity index (χ4v) is 6.99. The summed E-state index contributed by atoms with van der Waals surface area (Å²) in [5, 5.41) is 23.0. The average molecular weight is 736 g/mol. The van der Waals surface area contributed by atoms with Crippen LogP contribution < -0.4 is 5.32 Å². The molecule has 0 aromatic carbocycles. The fourth-order valence-electron chi connectivity index (χ4n) is 6.99. The molecule has 0 bridgehead atoms. The molecule has 0 radical (unpaired) electrons. The molecule has 6 nitrogen and oxygen atoms in total. The molecule has 0 saturated heterocycles. The molecule has 3 N–H and O–H groups in total. The largest absolute Gasteiger partial charge is 0.466 e. The van der Waals surface area contributed by atoms with Gasteiger partial charge in [-0.2, -0.15) is 0 Å². The average Bonchev–Trinajstić information content (AvgIpc) is 3.14. The van der Waals surface area contributed by atoms with E-state index in [-0.39, 0.29) is 18.5 Å². The van der Waals surface area contributed by atoms with Crippen LogP contribution in [0.1, 0.15) is 245 Å². The Morgan fingerprint density at radius 2 is 0.923 bits per heavy atom. The van der Waals surface area contributed by atoms with E-state index in [4.69, 9.17) is 4.74 Å². The van der Waals surface area contributed by atoms with Crippen LogP contribution in [-0.2, 0) is 14.3 Å². The number of carbonyl (C=O) groups excluding carboxylic acids is 2. The van der Waals surface area contributed by atoms with Gasteiger partial charge in [-0.15, -0.1) is 0 Å². The SMILES string of the molecule is CCCCCCCCCCCCCCCCCC(=O)OCCCCCC/C=C\CCCC(=O)NC(CO)C(O)CCCCCCCCCCCCC. The Bertz CT molecular complexity index is 772. The van der Waals surface area contributed by atoms with Gasteiger partial charge >= 0.3 is 5.97 Å². The summed E-state index contributed by atoms with van der Waals surface area (Å²) in [6, 6.07) is -0.575. The highest BCUT2D eigenvalue weighted by molar-refractivity contribution is 5.76. The maximum Gasteiger partial charge on any atom is 0.305 e. The summed E-state index contributed by atoms with van der Waals surface area (Å²) < 4.78 is 5.43. The van der Waals surface area contributed by atoms with Crippen molar-refractivity contribution < 1.29 is 24.5 Å². The van der Waals surface area contributed by atoms with Gasteiger partial charge < -0.3 is 20.3 Å². The zero-order valence-corrected chi connectivity index (χ0v) is 34.8. The van der Waals surface area contributed by atoms with Crippen molar-refractivity contribution in [1.82, 2.24) is 5.32 Å². The lowest BCUT2D eigenvalue weighted by molar-refractivity contribution is -0.143. The summed E-state index contributed by atoms with van der Waals surface area (Å²) in [6.45, 7) is 4.85. The van der Waals surface area contributed by atoms with E-state index in [2.05, 4.69) is 31.3 Å². The summed E-state index contributed by atoms with van der Waals surface area (Å²) in [5.41, 5.74) is 0. The Balaban J connectivity index is 3.52. The van der Waals surface area contributed by atoms with Crippen LogP contribution in [0.15, 0.2) is 12.2 Å². The number of allylic oxidation sites excluding steroid dienone is 2. The summed E-state index contributed by atoms with van der Waals surface area (Å²) in [7, 11) is 0. The molecule has 2 atom stereocenters. The van der Waals surface area contributed by atoms with Crippen molar-refractivity contribution >= 4 is 11.9 Å². The minimum atomic E-state index is -0.692. The van der Waals surface area contributed by atoms with Crippen LogP contribution in [0.2, 0.25) is 0 Å². The lowest BCUT2D eigenvalue weighted by Gasteiger charge is -2.22.